The van der Waals surface area contributed by atoms with E-state index in [0.717, 1.165) is 56.4 Å². The smallest absolute Gasteiger partial charge is 0.153 e. The minimum absolute atomic E-state index is 0.432. The molecule has 0 saturated carbocycles. The Hall–Kier alpha value is -2.25. The maximum absolute atomic E-state index is 5.82. The van der Waals surface area contributed by atoms with E-state index in [1.807, 2.05) is 36.2 Å². The van der Waals surface area contributed by atoms with Crippen LogP contribution in [0.15, 0.2) is 36.9 Å². The molecule has 7 heteroatoms. The van der Waals surface area contributed by atoms with E-state index in [2.05, 4.69) is 30.6 Å². The van der Waals surface area contributed by atoms with Gasteiger partial charge in [-0.05, 0) is 18.6 Å². The zero-order valence-corrected chi connectivity index (χ0v) is 13.9. The molecule has 126 valence electrons. The zero-order valence-electron chi connectivity index (χ0n) is 13.9. The standard InChI is InChI=1S/C17H22N6O/c1-21-6-4-19-17(21)12-22-8-9-24-13-14(11-22)10-15-2-3-16-18-5-7-23(16)20-15/h2-7,14H,8-13H2,1H3/t14-/m1/s1. The van der Waals surface area contributed by atoms with Crippen LogP contribution < -0.4 is 0 Å². The summed E-state index contributed by atoms with van der Waals surface area (Å²) in [6.07, 6.45) is 8.41. The van der Waals surface area contributed by atoms with Gasteiger partial charge in [0.1, 0.15) is 5.82 Å². The second-order valence-electron chi connectivity index (χ2n) is 6.39. The maximum atomic E-state index is 5.82. The summed E-state index contributed by atoms with van der Waals surface area (Å²) in [5.41, 5.74) is 1.96. The summed E-state index contributed by atoms with van der Waals surface area (Å²) in [5.74, 6) is 1.52. The largest absolute Gasteiger partial charge is 0.380 e. The van der Waals surface area contributed by atoms with Gasteiger partial charge in [0.05, 0.1) is 25.5 Å². The van der Waals surface area contributed by atoms with Crippen molar-refractivity contribution in [2.24, 2.45) is 13.0 Å². The summed E-state index contributed by atoms with van der Waals surface area (Å²) in [6.45, 7) is 4.35. The quantitative estimate of drug-likeness (QED) is 0.720. The molecule has 3 aromatic rings. The molecule has 0 bridgehead atoms. The van der Waals surface area contributed by atoms with Crippen molar-refractivity contribution in [1.29, 1.82) is 0 Å². The molecule has 0 amide bonds. The van der Waals surface area contributed by atoms with Gasteiger partial charge in [-0.25, -0.2) is 14.5 Å². The molecule has 1 aliphatic heterocycles. The van der Waals surface area contributed by atoms with Gasteiger partial charge in [-0.2, -0.15) is 5.10 Å². The number of fused-ring (bicyclic) bond motifs is 1. The van der Waals surface area contributed by atoms with Gasteiger partial charge < -0.3 is 9.30 Å². The predicted molar refractivity (Wildman–Crippen MR) is 89.5 cm³/mol. The molecule has 0 radical (unpaired) electrons. The fourth-order valence-electron chi connectivity index (χ4n) is 3.23. The van der Waals surface area contributed by atoms with Crippen LogP contribution in [0.3, 0.4) is 0 Å². The number of hydrogen-bond donors (Lipinski definition) is 0. The highest BCUT2D eigenvalue weighted by atomic mass is 16.5. The van der Waals surface area contributed by atoms with E-state index < -0.39 is 0 Å². The topological polar surface area (TPSA) is 60.5 Å². The summed E-state index contributed by atoms with van der Waals surface area (Å²) in [6, 6.07) is 4.09. The van der Waals surface area contributed by atoms with Gasteiger partial charge in [0.25, 0.3) is 0 Å². The van der Waals surface area contributed by atoms with Crippen molar-refractivity contribution in [2.45, 2.75) is 13.0 Å². The normalized spacial score (nSPS) is 19.6. The van der Waals surface area contributed by atoms with E-state index in [1.54, 1.807) is 6.20 Å². The molecule has 0 unspecified atom stereocenters. The molecule has 0 aromatic carbocycles. The lowest BCUT2D eigenvalue weighted by Gasteiger charge is -2.22. The average molecular weight is 326 g/mol. The lowest BCUT2D eigenvalue weighted by Crippen LogP contribution is -2.31. The van der Waals surface area contributed by atoms with Gasteiger partial charge in [0.15, 0.2) is 5.65 Å². The molecule has 0 spiro atoms. The molecule has 1 saturated heterocycles. The van der Waals surface area contributed by atoms with Crippen molar-refractivity contribution in [3.63, 3.8) is 0 Å². The molecule has 24 heavy (non-hydrogen) atoms. The van der Waals surface area contributed by atoms with Crippen molar-refractivity contribution in [2.75, 3.05) is 26.3 Å². The van der Waals surface area contributed by atoms with Crippen molar-refractivity contribution >= 4 is 5.65 Å². The van der Waals surface area contributed by atoms with Crippen LogP contribution in [0.25, 0.3) is 5.65 Å². The van der Waals surface area contributed by atoms with Crippen molar-refractivity contribution < 1.29 is 4.74 Å². The Kier molecular flexibility index (Phi) is 4.27. The summed E-state index contributed by atoms with van der Waals surface area (Å²) in [5, 5.41) is 4.64. The van der Waals surface area contributed by atoms with Crippen molar-refractivity contribution in [3.8, 4) is 0 Å². The third-order valence-corrected chi connectivity index (χ3v) is 4.52. The highest BCUT2D eigenvalue weighted by Crippen LogP contribution is 2.15. The molecule has 1 aliphatic rings. The second-order valence-corrected chi connectivity index (χ2v) is 6.39. The molecule has 1 atom stereocenters. The van der Waals surface area contributed by atoms with Crippen LogP contribution in [0, 0.1) is 5.92 Å². The monoisotopic (exact) mass is 326 g/mol. The molecule has 7 nitrogen and oxygen atoms in total. The SMILES string of the molecule is Cn1ccnc1CN1CCOC[C@H](Cc2ccc3nccn3n2)C1. The van der Waals surface area contributed by atoms with E-state index >= 15 is 0 Å². The average Bonchev–Trinajstić information content (AvgIpc) is 3.13. The third-order valence-electron chi connectivity index (χ3n) is 4.52. The van der Waals surface area contributed by atoms with Gasteiger partial charge >= 0.3 is 0 Å². The fourth-order valence-corrected chi connectivity index (χ4v) is 3.23. The number of imidazole rings is 2. The number of nitrogens with zero attached hydrogens (tertiary/aromatic N) is 6. The first kappa shape index (κ1) is 15.3. The Labute approximate surface area is 140 Å². The summed E-state index contributed by atoms with van der Waals surface area (Å²) >= 11 is 0. The zero-order chi connectivity index (χ0) is 16.4. The molecule has 4 heterocycles. The number of ether oxygens (including phenoxy) is 1. The van der Waals surface area contributed by atoms with Gasteiger partial charge in [0, 0.05) is 50.8 Å². The van der Waals surface area contributed by atoms with Crippen molar-refractivity contribution in [3.05, 3.63) is 48.4 Å². The Balaban J connectivity index is 1.44. The lowest BCUT2D eigenvalue weighted by atomic mass is 10.0. The van der Waals surface area contributed by atoms with Crippen LogP contribution >= 0.6 is 0 Å². The Morgan fingerprint density at radius 3 is 3.00 bits per heavy atom. The summed E-state index contributed by atoms with van der Waals surface area (Å²) in [7, 11) is 2.04. The highest BCUT2D eigenvalue weighted by Gasteiger charge is 2.21. The Morgan fingerprint density at radius 1 is 1.21 bits per heavy atom. The third kappa shape index (κ3) is 3.32. The minimum Gasteiger partial charge on any atom is -0.380 e. The predicted octanol–water partition coefficient (Wildman–Crippen LogP) is 1.15. The fraction of sp³-hybridized carbons (Fsp3) is 0.471. The number of rotatable bonds is 4. The first-order valence-electron chi connectivity index (χ1n) is 8.33. The molecule has 4 rings (SSSR count). The van der Waals surface area contributed by atoms with Gasteiger partial charge in [-0.15, -0.1) is 0 Å². The van der Waals surface area contributed by atoms with Gasteiger partial charge in [-0.1, -0.05) is 0 Å². The van der Waals surface area contributed by atoms with Crippen LogP contribution in [0.2, 0.25) is 0 Å². The summed E-state index contributed by atoms with van der Waals surface area (Å²) < 4.78 is 9.73. The van der Waals surface area contributed by atoms with Crippen LogP contribution in [0.5, 0.6) is 0 Å². The van der Waals surface area contributed by atoms with E-state index in [1.165, 1.54) is 0 Å². The number of hydrogen-bond acceptors (Lipinski definition) is 5. The van der Waals surface area contributed by atoms with E-state index in [0.29, 0.717) is 5.92 Å². The first-order valence-corrected chi connectivity index (χ1v) is 8.33. The Bertz CT molecular complexity index is 810. The molecule has 0 N–H and O–H groups in total. The van der Waals surface area contributed by atoms with Crippen molar-refractivity contribution in [1.82, 2.24) is 29.0 Å². The number of aryl methyl sites for hydroxylation is 1. The first-order chi connectivity index (χ1) is 11.8. The Morgan fingerprint density at radius 2 is 2.12 bits per heavy atom. The van der Waals surface area contributed by atoms with Gasteiger partial charge in [0.2, 0.25) is 0 Å². The highest BCUT2D eigenvalue weighted by molar-refractivity contribution is 5.36. The van der Waals surface area contributed by atoms with E-state index in [9.17, 15) is 0 Å². The number of aromatic nitrogens is 5. The molecule has 0 aliphatic carbocycles. The van der Waals surface area contributed by atoms with Gasteiger partial charge in [-0.3, -0.25) is 4.90 Å². The van der Waals surface area contributed by atoms with E-state index in [-0.39, 0.29) is 0 Å². The second kappa shape index (κ2) is 6.70. The van der Waals surface area contributed by atoms with E-state index in [4.69, 9.17) is 4.74 Å². The molecule has 3 aromatic heterocycles. The van der Waals surface area contributed by atoms with Crippen LogP contribution in [0.4, 0.5) is 0 Å². The summed E-state index contributed by atoms with van der Waals surface area (Å²) in [4.78, 5) is 11.1. The maximum Gasteiger partial charge on any atom is 0.153 e. The molecular formula is C17H22N6O. The van der Waals surface area contributed by atoms with Crippen LogP contribution in [-0.4, -0.2) is 55.4 Å². The minimum atomic E-state index is 0.432. The molecular weight excluding hydrogens is 304 g/mol. The van der Waals surface area contributed by atoms with Crippen LogP contribution in [0.1, 0.15) is 11.5 Å². The lowest BCUT2D eigenvalue weighted by molar-refractivity contribution is 0.121. The molecule has 1 fully saturated rings. The van der Waals surface area contributed by atoms with Crippen LogP contribution in [-0.2, 0) is 24.8 Å².